The van der Waals surface area contributed by atoms with E-state index >= 15 is 0 Å². The van der Waals surface area contributed by atoms with Gasteiger partial charge in [-0.05, 0) is 38.8 Å². The minimum atomic E-state index is -3.39. The van der Waals surface area contributed by atoms with Gasteiger partial charge in [0, 0.05) is 19.3 Å². The number of nitrogens with zero attached hydrogens (tertiary/aromatic N) is 1. The fourth-order valence-electron chi connectivity index (χ4n) is 3.31. The first-order valence-corrected chi connectivity index (χ1v) is 9.56. The molecular formula is C14H26N2O3S. The van der Waals surface area contributed by atoms with Crippen LogP contribution in [0.25, 0.3) is 0 Å². The Morgan fingerprint density at radius 1 is 1.00 bits per heavy atom. The number of likely N-dealkylation sites (tertiary alicyclic amines) is 1. The Morgan fingerprint density at radius 3 is 2.00 bits per heavy atom. The Morgan fingerprint density at radius 2 is 1.50 bits per heavy atom. The van der Waals surface area contributed by atoms with Gasteiger partial charge in [0.15, 0.2) is 14.6 Å². The first kappa shape index (κ1) is 15.8. The van der Waals surface area contributed by atoms with E-state index in [0.717, 1.165) is 25.7 Å². The summed E-state index contributed by atoms with van der Waals surface area (Å²) in [6.45, 7) is 2.63. The summed E-state index contributed by atoms with van der Waals surface area (Å²) in [4.78, 5) is 14.7. The van der Waals surface area contributed by atoms with Crippen molar-refractivity contribution in [3.05, 3.63) is 0 Å². The van der Waals surface area contributed by atoms with Gasteiger partial charge in [-0.15, -0.1) is 0 Å². The van der Waals surface area contributed by atoms with Crippen molar-refractivity contribution < 1.29 is 13.2 Å². The second-order valence-electron chi connectivity index (χ2n) is 6.08. The fourth-order valence-corrected chi connectivity index (χ4v) is 4.70. The first-order valence-electron chi connectivity index (χ1n) is 7.67. The average Bonchev–Trinajstić information content (AvgIpc) is 2.37. The van der Waals surface area contributed by atoms with Crippen molar-refractivity contribution in [2.75, 3.05) is 32.4 Å². The number of rotatable bonds is 2. The van der Waals surface area contributed by atoms with Gasteiger partial charge in [-0.1, -0.05) is 19.3 Å². The summed E-state index contributed by atoms with van der Waals surface area (Å²) in [7, 11) is -3.39. The molecule has 1 amide bonds. The third kappa shape index (κ3) is 3.17. The summed E-state index contributed by atoms with van der Waals surface area (Å²) in [5.41, 5.74) is 0. The Kier molecular flexibility index (Phi) is 5.07. The molecule has 0 spiro atoms. The molecule has 0 radical (unpaired) electrons. The van der Waals surface area contributed by atoms with E-state index in [2.05, 4.69) is 5.32 Å². The van der Waals surface area contributed by atoms with Crippen molar-refractivity contribution in [2.45, 2.75) is 49.7 Å². The summed E-state index contributed by atoms with van der Waals surface area (Å²) in [6, 6.07) is 0. The molecule has 0 bridgehead atoms. The zero-order valence-electron chi connectivity index (χ0n) is 12.4. The minimum Gasteiger partial charge on any atom is -0.341 e. The van der Waals surface area contributed by atoms with Crippen LogP contribution in [-0.4, -0.2) is 56.4 Å². The lowest BCUT2D eigenvalue weighted by molar-refractivity contribution is -0.135. The average molecular weight is 302 g/mol. The van der Waals surface area contributed by atoms with Crippen LogP contribution in [0.3, 0.4) is 0 Å². The van der Waals surface area contributed by atoms with Crippen LogP contribution in [0.4, 0.5) is 0 Å². The van der Waals surface area contributed by atoms with E-state index in [4.69, 9.17) is 0 Å². The van der Waals surface area contributed by atoms with E-state index in [1.165, 1.54) is 12.7 Å². The van der Waals surface area contributed by atoms with Gasteiger partial charge in [-0.2, -0.15) is 0 Å². The molecule has 1 N–H and O–H groups in total. The molecule has 0 atom stereocenters. The third-order valence-electron chi connectivity index (χ3n) is 4.65. The highest BCUT2D eigenvalue weighted by atomic mass is 32.2. The lowest BCUT2D eigenvalue weighted by Gasteiger charge is -2.39. The normalized spacial score (nSPS) is 24.8. The van der Waals surface area contributed by atoms with E-state index in [-0.39, 0.29) is 5.91 Å². The Balaban J connectivity index is 2.21. The van der Waals surface area contributed by atoms with Crippen LogP contribution in [0.1, 0.15) is 44.9 Å². The zero-order chi connectivity index (χ0) is 14.6. The highest BCUT2D eigenvalue weighted by molar-refractivity contribution is 7.92. The Labute approximate surface area is 122 Å². The van der Waals surface area contributed by atoms with Gasteiger partial charge in [0.25, 0.3) is 0 Å². The predicted molar refractivity (Wildman–Crippen MR) is 79.3 cm³/mol. The smallest absolute Gasteiger partial charge is 0.244 e. The number of nitrogens with one attached hydrogen (secondary N) is 1. The molecule has 116 valence electrons. The molecule has 2 saturated heterocycles. The fraction of sp³-hybridized carbons (Fsp3) is 0.929. The molecule has 2 fully saturated rings. The van der Waals surface area contributed by atoms with E-state index in [1.54, 1.807) is 0 Å². The molecule has 2 aliphatic heterocycles. The quantitative estimate of drug-likeness (QED) is 0.824. The van der Waals surface area contributed by atoms with Gasteiger partial charge in [-0.25, -0.2) is 8.42 Å². The lowest BCUT2D eigenvalue weighted by atomic mass is 9.94. The lowest BCUT2D eigenvalue weighted by Crippen LogP contribution is -2.58. The van der Waals surface area contributed by atoms with Crippen molar-refractivity contribution in [3.63, 3.8) is 0 Å². The molecular weight excluding hydrogens is 276 g/mol. The van der Waals surface area contributed by atoms with Crippen LogP contribution in [0.5, 0.6) is 0 Å². The van der Waals surface area contributed by atoms with E-state index < -0.39 is 14.6 Å². The van der Waals surface area contributed by atoms with Crippen LogP contribution in [-0.2, 0) is 14.6 Å². The molecule has 6 heteroatoms. The number of carbonyl (C=O) groups is 1. The van der Waals surface area contributed by atoms with Gasteiger partial charge in [0.1, 0.15) is 0 Å². The Hall–Kier alpha value is -0.620. The van der Waals surface area contributed by atoms with Crippen LogP contribution in [0.2, 0.25) is 0 Å². The largest absolute Gasteiger partial charge is 0.341 e. The van der Waals surface area contributed by atoms with E-state index in [0.29, 0.717) is 39.0 Å². The highest BCUT2D eigenvalue weighted by Gasteiger charge is 2.50. The second kappa shape index (κ2) is 6.43. The third-order valence-corrected chi connectivity index (χ3v) is 6.66. The molecule has 2 aliphatic rings. The van der Waals surface area contributed by atoms with Crippen molar-refractivity contribution >= 4 is 15.7 Å². The number of carbonyl (C=O) groups excluding carboxylic acids is 1. The number of sulfone groups is 1. The SMILES string of the molecule is CS(=O)(=O)C1(C(=O)N2CCCCCCC2)CCNCC1. The van der Waals surface area contributed by atoms with E-state index in [1.807, 2.05) is 4.90 Å². The summed E-state index contributed by atoms with van der Waals surface area (Å²) in [6.07, 6.45) is 7.51. The van der Waals surface area contributed by atoms with Gasteiger partial charge < -0.3 is 10.2 Å². The maximum atomic E-state index is 12.9. The minimum absolute atomic E-state index is 0.150. The summed E-state index contributed by atoms with van der Waals surface area (Å²) in [5.74, 6) is -0.150. The summed E-state index contributed by atoms with van der Waals surface area (Å²) < 4.78 is 23.4. The van der Waals surface area contributed by atoms with Crippen molar-refractivity contribution in [3.8, 4) is 0 Å². The molecule has 0 aromatic rings. The van der Waals surface area contributed by atoms with Crippen LogP contribution >= 0.6 is 0 Å². The van der Waals surface area contributed by atoms with Crippen LogP contribution < -0.4 is 5.32 Å². The molecule has 0 unspecified atom stereocenters. The first-order chi connectivity index (χ1) is 9.47. The number of hydrogen-bond acceptors (Lipinski definition) is 4. The van der Waals surface area contributed by atoms with Gasteiger partial charge in [-0.3, -0.25) is 4.79 Å². The van der Waals surface area contributed by atoms with Gasteiger partial charge in [0.2, 0.25) is 5.91 Å². The predicted octanol–water partition coefficient (Wildman–Crippen LogP) is 0.946. The van der Waals surface area contributed by atoms with Crippen LogP contribution in [0.15, 0.2) is 0 Å². The molecule has 5 nitrogen and oxygen atoms in total. The number of amides is 1. The molecule has 2 heterocycles. The molecule has 0 aromatic heterocycles. The molecule has 0 saturated carbocycles. The van der Waals surface area contributed by atoms with Crippen molar-refractivity contribution in [1.82, 2.24) is 10.2 Å². The molecule has 2 rings (SSSR count). The Bertz CT molecular complexity index is 433. The zero-order valence-corrected chi connectivity index (χ0v) is 13.2. The molecule has 0 aromatic carbocycles. The van der Waals surface area contributed by atoms with Crippen molar-refractivity contribution in [1.29, 1.82) is 0 Å². The maximum Gasteiger partial charge on any atom is 0.244 e. The topological polar surface area (TPSA) is 66.5 Å². The standard InChI is InChI=1S/C14H26N2O3S/c1-20(18,19)14(7-9-15-10-8-14)13(17)16-11-5-3-2-4-6-12-16/h15H,2-12H2,1H3. The van der Waals surface area contributed by atoms with Crippen LogP contribution in [0, 0.1) is 0 Å². The second-order valence-corrected chi connectivity index (χ2v) is 8.40. The summed E-state index contributed by atoms with van der Waals surface area (Å²) >= 11 is 0. The monoisotopic (exact) mass is 302 g/mol. The van der Waals surface area contributed by atoms with Crippen molar-refractivity contribution in [2.24, 2.45) is 0 Å². The maximum absolute atomic E-state index is 12.9. The molecule has 0 aliphatic carbocycles. The molecule has 20 heavy (non-hydrogen) atoms. The van der Waals surface area contributed by atoms with Gasteiger partial charge in [0.05, 0.1) is 0 Å². The number of hydrogen-bond donors (Lipinski definition) is 1. The summed E-state index contributed by atoms with van der Waals surface area (Å²) in [5, 5.41) is 3.16. The van der Waals surface area contributed by atoms with Gasteiger partial charge >= 0.3 is 0 Å². The van der Waals surface area contributed by atoms with E-state index in [9.17, 15) is 13.2 Å². The highest BCUT2D eigenvalue weighted by Crippen LogP contribution is 2.30. The number of piperidine rings is 1.